The predicted octanol–water partition coefficient (Wildman–Crippen LogP) is 4.70. The minimum Gasteiger partial charge on any atom is -0.457 e. The van der Waals surface area contributed by atoms with Crippen LogP contribution in [-0.4, -0.2) is 53.3 Å². The highest BCUT2D eigenvalue weighted by molar-refractivity contribution is 6.01. The van der Waals surface area contributed by atoms with Gasteiger partial charge in [-0.25, -0.2) is 0 Å². The van der Waals surface area contributed by atoms with E-state index < -0.39 is 72.9 Å². The van der Waals surface area contributed by atoms with Crippen LogP contribution in [0.5, 0.6) is 0 Å². The molecule has 214 valence electrons. The van der Waals surface area contributed by atoms with Gasteiger partial charge in [-0.3, -0.25) is 14.4 Å². The molecule has 0 aromatic heterocycles. The minimum atomic E-state index is -3.59. The maximum Gasteiger partial charge on any atom is 0.308 e. The third-order valence-electron chi connectivity index (χ3n) is 11.2. The first-order valence-electron chi connectivity index (χ1n) is 18.0. The second-order valence-electron chi connectivity index (χ2n) is 13.1. The Morgan fingerprint density at radius 3 is 2.74 bits per heavy atom. The highest BCUT2D eigenvalue weighted by Crippen LogP contribution is 2.70. The predicted molar refractivity (Wildman–Crippen MR) is 143 cm³/mol. The van der Waals surface area contributed by atoms with Crippen LogP contribution in [0.4, 0.5) is 0 Å². The molecule has 7 heteroatoms. The van der Waals surface area contributed by atoms with Crippen molar-refractivity contribution in [3.8, 4) is 0 Å². The second-order valence-corrected chi connectivity index (χ2v) is 13.1. The summed E-state index contributed by atoms with van der Waals surface area (Å²) in [5.74, 6) is -6.53. The van der Waals surface area contributed by atoms with Crippen LogP contribution < -0.4 is 0 Å². The molecule has 0 radical (unpaired) electrons. The van der Waals surface area contributed by atoms with E-state index in [0.717, 1.165) is 37.7 Å². The number of aliphatic hydroxyl groups excluding tert-OH is 1. The summed E-state index contributed by atoms with van der Waals surface area (Å²) in [5.41, 5.74) is -2.15. The molecule has 5 aliphatic carbocycles. The van der Waals surface area contributed by atoms with Crippen LogP contribution in [0.1, 0.15) is 94.9 Å². The number of hydrogen-bond acceptors (Lipinski definition) is 7. The molecule has 3 unspecified atom stereocenters. The van der Waals surface area contributed by atoms with Gasteiger partial charge in [0, 0.05) is 32.3 Å². The third-order valence-corrected chi connectivity index (χ3v) is 11.2. The zero-order valence-electron chi connectivity index (χ0n) is 29.7. The number of ether oxygens (including phenoxy) is 3. The number of rotatable bonds is 5. The van der Waals surface area contributed by atoms with Crippen molar-refractivity contribution >= 4 is 17.5 Å². The molecule has 1 saturated heterocycles. The fourth-order valence-corrected chi connectivity index (χ4v) is 9.52. The standard InChI is InChI=1S/C32H44O7/c1-18(2)28(36)37-17-25(35)32-26(38-29(39-32)19-8-6-5-7-9-19)15-23-22-11-10-20-14-21(33)12-13-30(20,3)27(22)24(34)16-31(23,32)4/h12-14,18-19,22-24,26-27,29,34H,5-11,15-17H2,1-4H3/t22?,23?,24-,26-,27?,29-,30-,31-,32+/m0/s1/i1D3,2D3,18D. The van der Waals surface area contributed by atoms with Crippen LogP contribution in [0.15, 0.2) is 23.8 Å². The second kappa shape index (κ2) is 9.63. The van der Waals surface area contributed by atoms with Gasteiger partial charge in [0.2, 0.25) is 5.78 Å². The average Bonchev–Trinajstić information content (AvgIpc) is 3.48. The molecule has 6 rings (SSSR count). The van der Waals surface area contributed by atoms with Gasteiger partial charge in [0.1, 0.15) is 0 Å². The Balaban J connectivity index is 1.34. The molecule has 6 aliphatic rings. The van der Waals surface area contributed by atoms with E-state index in [2.05, 4.69) is 6.92 Å². The smallest absolute Gasteiger partial charge is 0.308 e. The van der Waals surface area contributed by atoms with Crippen molar-refractivity contribution in [1.82, 2.24) is 0 Å². The van der Waals surface area contributed by atoms with Crippen molar-refractivity contribution < 1.29 is 43.3 Å². The van der Waals surface area contributed by atoms with E-state index in [1.165, 1.54) is 0 Å². The molecule has 0 aromatic rings. The molecule has 9 atom stereocenters. The number of Topliss-reactive ketones (excluding diaryl/α,β-unsaturated/α-hetero) is 1. The van der Waals surface area contributed by atoms with Crippen LogP contribution in [0, 0.1) is 40.4 Å². The number of hydrogen-bond donors (Lipinski definition) is 1. The summed E-state index contributed by atoms with van der Waals surface area (Å²) in [6, 6.07) is 0. The zero-order valence-corrected chi connectivity index (χ0v) is 22.7. The van der Waals surface area contributed by atoms with Gasteiger partial charge in [0.25, 0.3) is 0 Å². The Morgan fingerprint density at radius 2 is 2.00 bits per heavy atom. The molecule has 0 spiro atoms. The zero-order chi connectivity index (χ0) is 33.7. The Bertz CT molecular complexity index is 1340. The number of allylic oxidation sites excluding steroid dienone is 4. The van der Waals surface area contributed by atoms with E-state index in [1.54, 1.807) is 12.2 Å². The van der Waals surface area contributed by atoms with Crippen molar-refractivity contribution in [1.29, 1.82) is 0 Å². The topological polar surface area (TPSA) is 99.1 Å². The highest BCUT2D eigenvalue weighted by Gasteiger charge is 2.76. The Hall–Kier alpha value is -1.83. The molecule has 0 amide bonds. The highest BCUT2D eigenvalue weighted by atomic mass is 16.7. The van der Waals surface area contributed by atoms with Gasteiger partial charge in [-0.2, -0.15) is 0 Å². The number of ketones is 2. The summed E-state index contributed by atoms with van der Waals surface area (Å²) in [4.78, 5) is 39.8. The number of aliphatic hydroxyl groups is 1. The monoisotopic (exact) mass is 547 g/mol. The minimum absolute atomic E-state index is 0.0427. The molecular formula is C32H44O7. The van der Waals surface area contributed by atoms with E-state index in [4.69, 9.17) is 23.8 Å². The lowest BCUT2D eigenvalue weighted by molar-refractivity contribution is -0.210. The Morgan fingerprint density at radius 1 is 1.23 bits per heavy atom. The van der Waals surface area contributed by atoms with Gasteiger partial charge in [0.05, 0.1) is 18.1 Å². The van der Waals surface area contributed by atoms with Crippen LogP contribution in [0.2, 0.25) is 0 Å². The first-order valence-corrected chi connectivity index (χ1v) is 14.5. The van der Waals surface area contributed by atoms with Crippen molar-refractivity contribution in [2.75, 3.05) is 6.61 Å². The molecule has 1 N–H and O–H groups in total. The summed E-state index contributed by atoms with van der Waals surface area (Å²) < 4.78 is 72.5. The van der Waals surface area contributed by atoms with Crippen molar-refractivity contribution in [2.45, 2.75) is 109 Å². The van der Waals surface area contributed by atoms with E-state index in [0.29, 0.717) is 19.3 Å². The van der Waals surface area contributed by atoms with E-state index in [1.807, 2.05) is 13.0 Å². The largest absolute Gasteiger partial charge is 0.457 e. The molecule has 4 saturated carbocycles. The quantitative estimate of drug-likeness (QED) is 0.498. The molecule has 7 nitrogen and oxygen atoms in total. The van der Waals surface area contributed by atoms with Gasteiger partial charge in [-0.05, 0) is 62.5 Å². The first-order chi connectivity index (χ1) is 21.3. The van der Waals surface area contributed by atoms with Crippen molar-refractivity contribution in [3.63, 3.8) is 0 Å². The summed E-state index contributed by atoms with van der Waals surface area (Å²) in [7, 11) is 0. The number of esters is 1. The maximum absolute atomic E-state index is 14.5. The number of fused-ring (bicyclic) bond motifs is 7. The molecular weight excluding hydrogens is 496 g/mol. The van der Waals surface area contributed by atoms with Gasteiger partial charge in [0.15, 0.2) is 24.3 Å². The molecule has 5 fully saturated rings. The van der Waals surface area contributed by atoms with Gasteiger partial charge >= 0.3 is 5.97 Å². The lowest BCUT2D eigenvalue weighted by Crippen LogP contribution is -2.63. The van der Waals surface area contributed by atoms with Gasteiger partial charge in [-0.15, -0.1) is 0 Å². The summed E-state index contributed by atoms with van der Waals surface area (Å²) in [5, 5.41) is 11.9. The van der Waals surface area contributed by atoms with Gasteiger partial charge in [-0.1, -0.05) is 58.5 Å². The Labute approximate surface area is 241 Å². The van der Waals surface area contributed by atoms with Crippen LogP contribution in [0.25, 0.3) is 0 Å². The molecule has 1 aliphatic heterocycles. The normalized spacial score (nSPS) is 48.8. The van der Waals surface area contributed by atoms with E-state index >= 15 is 0 Å². The van der Waals surface area contributed by atoms with E-state index in [9.17, 15) is 19.5 Å². The summed E-state index contributed by atoms with van der Waals surface area (Å²) >= 11 is 0. The lowest BCUT2D eigenvalue weighted by atomic mass is 9.46. The maximum atomic E-state index is 14.5. The van der Waals surface area contributed by atoms with Crippen LogP contribution in [0.3, 0.4) is 0 Å². The Kier molecular flexibility index (Phi) is 4.97. The fourth-order valence-electron chi connectivity index (χ4n) is 9.52. The fraction of sp³-hybridized carbons (Fsp3) is 0.781. The first kappa shape index (κ1) is 20.1. The molecule has 0 aromatic carbocycles. The third kappa shape index (κ3) is 3.97. The van der Waals surface area contributed by atoms with Crippen LogP contribution >= 0.6 is 0 Å². The average molecular weight is 548 g/mol. The number of carbonyl (C=O) groups excluding carboxylic acids is 3. The van der Waals surface area contributed by atoms with Gasteiger partial charge < -0.3 is 19.3 Å². The van der Waals surface area contributed by atoms with E-state index in [-0.39, 0.29) is 35.9 Å². The molecule has 0 bridgehead atoms. The molecule has 1 heterocycles. The summed E-state index contributed by atoms with van der Waals surface area (Å²) in [6.07, 6.45) is 9.65. The lowest BCUT2D eigenvalue weighted by Gasteiger charge is -2.59. The van der Waals surface area contributed by atoms with Crippen LogP contribution in [-0.2, 0) is 28.6 Å². The molecule has 39 heavy (non-hydrogen) atoms. The number of carbonyl (C=O) groups is 3. The van der Waals surface area contributed by atoms with Crippen molar-refractivity contribution in [2.24, 2.45) is 40.4 Å². The van der Waals surface area contributed by atoms with Crippen molar-refractivity contribution in [3.05, 3.63) is 23.8 Å². The summed E-state index contributed by atoms with van der Waals surface area (Å²) in [6.45, 7) is -4.13. The SMILES string of the molecule is [2H]C([2H])([2H])C([2H])(C(=O)OCC(=O)[C@@]12O[C@@H](C3CCCCC3)O[C@H]1CC1C3CCC4=CC(=O)C=C[C@]4(C)C3[C@@H](O)C[C@@]12C)C([2H])([2H])[2H].